The molecule has 0 saturated heterocycles. The van der Waals surface area contributed by atoms with E-state index in [1.807, 2.05) is 6.07 Å². The van der Waals surface area contributed by atoms with Crippen LogP contribution < -0.4 is 14.8 Å². The van der Waals surface area contributed by atoms with Crippen LogP contribution in [-0.4, -0.2) is 35.8 Å². The SMILES string of the molecule is CS(=O)(=O)Nc1nnc(NC(=O)c2cccnc2Oc2ccccc2)s1. The average Bonchev–Trinajstić information content (AvgIpc) is 3.01. The van der Waals surface area contributed by atoms with Crippen molar-refractivity contribution in [2.24, 2.45) is 0 Å². The molecule has 2 heterocycles. The van der Waals surface area contributed by atoms with Gasteiger partial charge in [0.25, 0.3) is 5.91 Å². The lowest BCUT2D eigenvalue weighted by atomic mass is 10.2. The Kier molecular flexibility index (Phi) is 5.09. The number of anilines is 2. The van der Waals surface area contributed by atoms with Gasteiger partial charge >= 0.3 is 0 Å². The van der Waals surface area contributed by atoms with Gasteiger partial charge in [0, 0.05) is 6.20 Å². The van der Waals surface area contributed by atoms with Crippen molar-refractivity contribution in [3.8, 4) is 11.6 Å². The van der Waals surface area contributed by atoms with Crippen LogP contribution in [0.25, 0.3) is 0 Å². The fraction of sp³-hybridized carbons (Fsp3) is 0.0667. The molecule has 0 spiro atoms. The molecular formula is C15H13N5O4S2. The molecule has 9 nitrogen and oxygen atoms in total. The summed E-state index contributed by atoms with van der Waals surface area (Å²) in [6, 6.07) is 12.1. The maximum absolute atomic E-state index is 12.5. The number of rotatable bonds is 6. The Balaban J connectivity index is 1.76. The van der Waals surface area contributed by atoms with Gasteiger partial charge < -0.3 is 4.74 Å². The third-order valence-electron chi connectivity index (χ3n) is 2.89. The summed E-state index contributed by atoms with van der Waals surface area (Å²) in [5, 5.41) is 10.1. The molecule has 3 rings (SSSR count). The highest BCUT2D eigenvalue weighted by molar-refractivity contribution is 7.92. The van der Waals surface area contributed by atoms with E-state index in [9.17, 15) is 13.2 Å². The second-order valence-corrected chi connectivity index (χ2v) is 7.74. The molecule has 0 aliphatic heterocycles. The first-order valence-electron chi connectivity index (χ1n) is 7.21. The smallest absolute Gasteiger partial charge is 0.262 e. The zero-order valence-corrected chi connectivity index (χ0v) is 15.0. The van der Waals surface area contributed by atoms with E-state index in [4.69, 9.17) is 4.74 Å². The van der Waals surface area contributed by atoms with E-state index in [1.165, 1.54) is 6.20 Å². The normalized spacial score (nSPS) is 11.0. The van der Waals surface area contributed by atoms with E-state index in [2.05, 4.69) is 25.2 Å². The first kappa shape index (κ1) is 17.8. The first-order valence-corrected chi connectivity index (χ1v) is 9.92. The van der Waals surface area contributed by atoms with Gasteiger partial charge in [0.15, 0.2) is 0 Å². The number of aromatic nitrogens is 3. The molecule has 0 unspecified atom stereocenters. The number of carbonyl (C=O) groups excluding carboxylic acids is 1. The summed E-state index contributed by atoms with van der Waals surface area (Å²) in [6.45, 7) is 0. The van der Waals surface area contributed by atoms with Gasteiger partial charge in [-0.2, -0.15) is 0 Å². The molecule has 2 aromatic heterocycles. The minimum atomic E-state index is -3.47. The fourth-order valence-corrected chi connectivity index (χ4v) is 3.35. The van der Waals surface area contributed by atoms with E-state index in [0.717, 1.165) is 17.6 Å². The van der Waals surface area contributed by atoms with Crippen molar-refractivity contribution in [1.82, 2.24) is 15.2 Å². The van der Waals surface area contributed by atoms with Crippen LogP contribution in [0.4, 0.5) is 10.3 Å². The maximum Gasteiger partial charge on any atom is 0.262 e. The highest BCUT2D eigenvalue weighted by Gasteiger charge is 2.17. The van der Waals surface area contributed by atoms with Gasteiger partial charge in [-0.25, -0.2) is 13.4 Å². The topological polar surface area (TPSA) is 123 Å². The number of hydrogen-bond donors (Lipinski definition) is 2. The fourth-order valence-electron chi connectivity index (χ4n) is 1.88. The molecule has 0 fully saturated rings. The van der Waals surface area contributed by atoms with E-state index >= 15 is 0 Å². The standard InChI is InChI=1S/C15H13N5O4S2/c1-26(22,23)20-15-19-18-14(25-15)17-12(21)11-8-5-9-16-13(11)24-10-6-3-2-4-7-10/h2-9H,1H3,(H,19,20)(H,17,18,21). The summed E-state index contributed by atoms with van der Waals surface area (Å²) in [6.07, 6.45) is 2.50. The molecule has 0 bridgehead atoms. The van der Waals surface area contributed by atoms with Gasteiger partial charge in [-0.1, -0.05) is 29.5 Å². The number of nitrogens with zero attached hydrogens (tertiary/aromatic N) is 3. The molecule has 0 radical (unpaired) electrons. The van der Waals surface area contributed by atoms with Gasteiger partial charge in [0.1, 0.15) is 11.3 Å². The third-order valence-corrected chi connectivity index (χ3v) is 4.34. The molecule has 0 saturated carbocycles. The lowest BCUT2D eigenvalue weighted by molar-refractivity contribution is 0.102. The minimum Gasteiger partial charge on any atom is -0.438 e. The van der Waals surface area contributed by atoms with Crippen LogP contribution in [0.15, 0.2) is 48.7 Å². The van der Waals surface area contributed by atoms with Gasteiger partial charge in [-0.15, -0.1) is 10.2 Å². The molecule has 1 aromatic carbocycles. The van der Waals surface area contributed by atoms with E-state index in [-0.39, 0.29) is 21.7 Å². The largest absolute Gasteiger partial charge is 0.438 e. The van der Waals surface area contributed by atoms with Crippen molar-refractivity contribution in [2.75, 3.05) is 16.3 Å². The van der Waals surface area contributed by atoms with Gasteiger partial charge in [-0.05, 0) is 24.3 Å². The van der Waals surface area contributed by atoms with Crippen molar-refractivity contribution in [2.45, 2.75) is 0 Å². The number of ether oxygens (including phenoxy) is 1. The number of para-hydroxylation sites is 1. The zero-order valence-electron chi connectivity index (χ0n) is 13.4. The lowest BCUT2D eigenvalue weighted by Gasteiger charge is -2.08. The molecule has 11 heteroatoms. The van der Waals surface area contributed by atoms with Gasteiger partial charge in [0.05, 0.1) is 6.26 Å². The Bertz CT molecular complexity index is 1020. The molecule has 134 valence electrons. The highest BCUT2D eigenvalue weighted by Crippen LogP contribution is 2.25. The molecule has 0 aliphatic rings. The van der Waals surface area contributed by atoms with Crippen molar-refractivity contribution in [1.29, 1.82) is 0 Å². The minimum absolute atomic E-state index is 0.0507. The lowest BCUT2D eigenvalue weighted by Crippen LogP contribution is -2.13. The Hall–Kier alpha value is -3.05. The third kappa shape index (κ3) is 4.74. The Morgan fingerprint density at radius 1 is 1.08 bits per heavy atom. The summed E-state index contributed by atoms with van der Waals surface area (Å²) in [7, 11) is -3.47. The predicted molar refractivity (Wildman–Crippen MR) is 97.1 cm³/mol. The first-order chi connectivity index (χ1) is 12.4. The molecule has 26 heavy (non-hydrogen) atoms. The number of nitrogens with one attached hydrogen (secondary N) is 2. The molecule has 3 aromatic rings. The average molecular weight is 391 g/mol. The summed E-state index contributed by atoms with van der Waals surface area (Å²) in [5.41, 5.74) is 0.198. The van der Waals surface area contributed by atoms with Crippen LogP contribution in [0.3, 0.4) is 0 Å². The second-order valence-electron chi connectivity index (χ2n) is 5.01. The summed E-state index contributed by atoms with van der Waals surface area (Å²) in [5.74, 6) is 0.164. The highest BCUT2D eigenvalue weighted by atomic mass is 32.2. The number of benzene rings is 1. The van der Waals surface area contributed by atoms with Crippen molar-refractivity contribution >= 4 is 37.5 Å². The van der Waals surface area contributed by atoms with Crippen molar-refractivity contribution in [3.63, 3.8) is 0 Å². The zero-order chi connectivity index (χ0) is 18.6. The predicted octanol–water partition coefficient (Wildman–Crippen LogP) is 2.35. The quantitative estimate of drug-likeness (QED) is 0.661. The van der Waals surface area contributed by atoms with E-state index in [1.54, 1.807) is 36.4 Å². The molecule has 0 atom stereocenters. The van der Waals surface area contributed by atoms with E-state index < -0.39 is 15.9 Å². The van der Waals surface area contributed by atoms with Crippen molar-refractivity contribution in [3.05, 3.63) is 54.2 Å². The summed E-state index contributed by atoms with van der Waals surface area (Å²) in [4.78, 5) is 16.6. The van der Waals surface area contributed by atoms with Gasteiger partial charge in [-0.3, -0.25) is 14.8 Å². The number of amides is 1. The number of pyridine rings is 1. The summed E-state index contributed by atoms with van der Waals surface area (Å²) >= 11 is 0.887. The Morgan fingerprint density at radius 2 is 1.81 bits per heavy atom. The van der Waals surface area contributed by atoms with E-state index in [0.29, 0.717) is 5.75 Å². The molecule has 2 N–H and O–H groups in total. The van der Waals surface area contributed by atoms with Crippen molar-refractivity contribution < 1.29 is 17.9 Å². The molecule has 0 aliphatic carbocycles. The molecular weight excluding hydrogens is 378 g/mol. The van der Waals surface area contributed by atoms with Crippen LogP contribution in [0.1, 0.15) is 10.4 Å². The second kappa shape index (κ2) is 7.45. The number of carbonyl (C=O) groups is 1. The monoisotopic (exact) mass is 391 g/mol. The Labute approximate surface area is 153 Å². The van der Waals surface area contributed by atoms with Crippen LogP contribution in [0.5, 0.6) is 11.6 Å². The number of hydrogen-bond acceptors (Lipinski definition) is 8. The molecule has 1 amide bonds. The summed E-state index contributed by atoms with van der Waals surface area (Å²) < 4.78 is 30.2. The van der Waals surface area contributed by atoms with Crippen LogP contribution in [0, 0.1) is 0 Å². The van der Waals surface area contributed by atoms with Gasteiger partial charge in [0.2, 0.25) is 26.2 Å². The maximum atomic E-state index is 12.5. The van der Waals surface area contributed by atoms with Crippen LogP contribution >= 0.6 is 11.3 Å². The van der Waals surface area contributed by atoms with Crippen LogP contribution in [-0.2, 0) is 10.0 Å². The van der Waals surface area contributed by atoms with Crippen LogP contribution in [0.2, 0.25) is 0 Å². The Morgan fingerprint density at radius 3 is 2.54 bits per heavy atom. The number of sulfonamides is 1.